The van der Waals surface area contributed by atoms with E-state index in [2.05, 4.69) is 51.3 Å². The second-order valence-electron chi connectivity index (χ2n) is 13.7. The van der Waals surface area contributed by atoms with Crippen LogP contribution in [0.1, 0.15) is 68.2 Å². The average molecular weight is 663 g/mol. The van der Waals surface area contributed by atoms with Crippen molar-refractivity contribution in [3.05, 3.63) is 0 Å². The van der Waals surface area contributed by atoms with Gasteiger partial charge in [0.15, 0.2) is 0 Å². The standard InChI is InChI=1S/C18H38N2O3.C17H36N2O4/c1-16(2)8-7-10-22-12-13-23-11-9-20(6)18(21)15-19(5)14-17(3)4;1-15(2)13-18(5)14-17(20)19(6)7-8-21-9-10-22-11-12-23-16(3)4/h16-17H,7-15H2,1-6H3;15-16H,7-14H2,1-6H3. The van der Waals surface area contributed by atoms with Crippen LogP contribution in [0, 0.1) is 17.8 Å². The highest BCUT2D eigenvalue weighted by molar-refractivity contribution is 5.78. The molecule has 0 aliphatic carbocycles. The molecule has 0 saturated heterocycles. The minimum Gasteiger partial charge on any atom is -0.379 e. The van der Waals surface area contributed by atoms with Crippen molar-refractivity contribution in [3.8, 4) is 0 Å². The van der Waals surface area contributed by atoms with Gasteiger partial charge in [-0.15, -0.1) is 0 Å². The van der Waals surface area contributed by atoms with Crippen LogP contribution in [0.2, 0.25) is 0 Å². The van der Waals surface area contributed by atoms with Gasteiger partial charge in [0, 0.05) is 46.9 Å². The summed E-state index contributed by atoms with van der Waals surface area (Å²) in [4.78, 5) is 31.6. The van der Waals surface area contributed by atoms with Gasteiger partial charge in [0.1, 0.15) is 0 Å². The molecule has 0 aromatic carbocycles. The molecule has 0 N–H and O–H groups in total. The lowest BCUT2D eigenvalue weighted by molar-refractivity contribution is -0.132. The van der Waals surface area contributed by atoms with Crippen molar-refractivity contribution in [2.24, 2.45) is 17.8 Å². The molecule has 276 valence electrons. The van der Waals surface area contributed by atoms with Gasteiger partial charge >= 0.3 is 0 Å². The number of ether oxygens (including phenoxy) is 5. The second kappa shape index (κ2) is 31.0. The zero-order valence-corrected chi connectivity index (χ0v) is 32.0. The maximum atomic E-state index is 12.0. The van der Waals surface area contributed by atoms with E-state index in [9.17, 15) is 9.59 Å². The highest BCUT2D eigenvalue weighted by Gasteiger charge is 2.13. The van der Waals surface area contributed by atoms with Crippen molar-refractivity contribution in [1.82, 2.24) is 19.6 Å². The summed E-state index contributed by atoms with van der Waals surface area (Å²) in [7, 11) is 7.60. The Balaban J connectivity index is 0. The molecule has 0 aliphatic heterocycles. The fourth-order valence-electron chi connectivity index (χ4n) is 4.31. The topological polar surface area (TPSA) is 93.3 Å². The number of amides is 2. The number of hydrogen-bond acceptors (Lipinski definition) is 9. The zero-order valence-electron chi connectivity index (χ0n) is 32.0. The zero-order chi connectivity index (χ0) is 35.3. The first kappa shape index (κ1) is 46.8. The van der Waals surface area contributed by atoms with E-state index in [1.807, 2.05) is 42.0 Å². The van der Waals surface area contributed by atoms with Crippen molar-refractivity contribution in [3.63, 3.8) is 0 Å². The Morgan fingerprint density at radius 3 is 1.24 bits per heavy atom. The van der Waals surface area contributed by atoms with Crippen molar-refractivity contribution >= 4 is 11.8 Å². The first-order valence-corrected chi connectivity index (χ1v) is 17.4. The van der Waals surface area contributed by atoms with Crippen LogP contribution in [0.15, 0.2) is 0 Å². The Morgan fingerprint density at radius 1 is 0.500 bits per heavy atom. The molecule has 0 spiro atoms. The van der Waals surface area contributed by atoms with Crippen LogP contribution in [0.5, 0.6) is 0 Å². The van der Waals surface area contributed by atoms with E-state index in [0.29, 0.717) is 90.9 Å². The van der Waals surface area contributed by atoms with E-state index < -0.39 is 0 Å². The monoisotopic (exact) mass is 663 g/mol. The van der Waals surface area contributed by atoms with Crippen LogP contribution in [-0.2, 0) is 33.3 Å². The highest BCUT2D eigenvalue weighted by atomic mass is 16.5. The number of nitrogens with zero attached hydrogens (tertiary/aromatic N) is 4. The van der Waals surface area contributed by atoms with Gasteiger partial charge in [0.25, 0.3) is 0 Å². The molecule has 0 rings (SSSR count). The van der Waals surface area contributed by atoms with Crippen LogP contribution in [0.4, 0.5) is 0 Å². The normalized spacial score (nSPS) is 11.7. The van der Waals surface area contributed by atoms with E-state index in [4.69, 9.17) is 23.7 Å². The van der Waals surface area contributed by atoms with Crippen LogP contribution in [-0.4, -0.2) is 164 Å². The van der Waals surface area contributed by atoms with Gasteiger partial charge in [-0.2, -0.15) is 0 Å². The van der Waals surface area contributed by atoms with Gasteiger partial charge in [-0.25, -0.2) is 0 Å². The molecule has 0 saturated carbocycles. The molecule has 0 radical (unpaired) electrons. The third kappa shape index (κ3) is 34.0. The largest absolute Gasteiger partial charge is 0.379 e. The summed E-state index contributed by atoms with van der Waals surface area (Å²) in [5.41, 5.74) is 0. The molecule has 2 amide bonds. The van der Waals surface area contributed by atoms with Crippen molar-refractivity contribution < 1.29 is 33.3 Å². The molecule has 0 aromatic rings. The maximum absolute atomic E-state index is 12.0. The first-order valence-electron chi connectivity index (χ1n) is 17.4. The molecule has 0 atom stereocenters. The van der Waals surface area contributed by atoms with Gasteiger partial charge in [-0.1, -0.05) is 41.5 Å². The van der Waals surface area contributed by atoms with Gasteiger partial charge < -0.3 is 33.5 Å². The summed E-state index contributed by atoms with van der Waals surface area (Å²) >= 11 is 0. The first-order chi connectivity index (χ1) is 21.6. The molecule has 0 unspecified atom stereocenters. The fourth-order valence-corrected chi connectivity index (χ4v) is 4.31. The summed E-state index contributed by atoms with van der Waals surface area (Å²) in [6.07, 6.45) is 2.56. The third-order valence-corrected chi connectivity index (χ3v) is 6.65. The Morgan fingerprint density at radius 2 is 0.870 bits per heavy atom. The van der Waals surface area contributed by atoms with Crippen LogP contribution in [0.3, 0.4) is 0 Å². The summed E-state index contributed by atoms with van der Waals surface area (Å²) in [6.45, 7) is 26.5. The Labute approximate surface area is 283 Å². The van der Waals surface area contributed by atoms with Gasteiger partial charge in [-0.05, 0) is 58.5 Å². The molecular formula is C35H74N4O7. The molecule has 0 aliphatic rings. The minimum absolute atomic E-state index is 0.124. The molecule has 46 heavy (non-hydrogen) atoms. The maximum Gasteiger partial charge on any atom is 0.236 e. The van der Waals surface area contributed by atoms with Crippen molar-refractivity contribution in [1.29, 1.82) is 0 Å². The Hall–Kier alpha value is -1.34. The summed E-state index contributed by atoms with van der Waals surface area (Å²) < 4.78 is 27.3. The number of rotatable bonds is 28. The molecule has 0 heterocycles. The number of carbonyl (C=O) groups excluding carboxylic acids is 2. The highest BCUT2D eigenvalue weighted by Crippen LogP contribution is 2.03. The number of likely N-dealkylation sites (N-methyl/N-ethyl adjacent to an activating group) is 4. The Bertz CT molecular complexity index is 652. The summed E-state index contributed by atoms with van der Waals surface area (Å²) in [5, 5.41) is 0. The lowest BCUT2D eigenvalue weighted by atomic mass is 10.1. The Kier molecular flexibility index (Phi) is 31.5. The minimum atomic E-state index is 0.124. The molecule has 0 fully saturated rings. The average Bonchev–Trinajstić information content (AvgIpc) is 2.94. The van der Waals surface area contributed by atoms with E-state index in [-0.39, 0.29) is 17.9 Å². The summed E-state index contributed by atoms with van der Waals surface area (Å²) in [6, 6.07) is 0. The van der Waals surface area contributed by atoms with Gasteiger partial charge in [0.05, 0.1) is 72.0 Å². The molecule has 11 heteroatoms. The fraction of sp³-hybridized carbons (Fsp3) is 0.943. The molecule has 11 nitrogen and oxygen atoms in total. The quantitative estimate of drug-likeness (QED) is 0.115. The lowest BCUT2D eigenvalue weighted by Crippen LogP contribution is -2.39. The van der Waals surface area contributed by atoms with Crippen molar-refractivity contribution in [2.45, 2.75) is 74.3 Å². The second-order valence-corrected chi connectivity index (χ2v) is 13.7. The van der Waals surface area contributed by atoms with E-state index >= 15 is 0 Å². The van der Waals surface area contributed by atoms with Crippen LogP contribution in [0.25, 0.3) is 0 Å². The van der Waals surface area contributed by atoms with Gasteiger partial charge in [-0.3, -0.25) is 19.4 Å². The lowest BCUT2D eigenvalue weighted by Gasteiger charge is -2.23. The van der Waals surface area contributed by atoms with E-state index in [1.54, 1.807) is 9.80 Å². The SMILES string of the molecule is CC(C)CCCOCCOCCN(C)C(=O)CN(C)CC(C)C.CC(C)CN(C)CC(=O)N(C)CCOCCOCCOC(C)C. The van der Waals surface area contributed by atoms with E-state index in [1.165, 1.54) is 6.42 Å². The summed E-state index contributed by atoms with van der Waals surface area (Å²) in [5.74, 6) is 2.14. The molecule has 0 aromatic heterocycles. The predicted octanol–water partition coefficient (Wildman–Crippen LogP) is 3.99. The van der Waals surface area contributed by atoms with E-state index in [0.717, 1.165) is 32.0 Å². The van der Waals surface area contributed by atoms with Gasteiger partial charge in [0.2, 0.25) is 11.8 Å². The number of hydrogen-bond donors (Lipinski definition) is 0. The smallest absolute Gasteiger partial charge is 0.236 e. The predicted molar refractivity (Wildman–Crippen MR) is 188 cm³/mol. The van der Waals surface area contributed by atoms with Crippen molar-refractivity contribution in [2.75, 3.05) is 127 Å². The van der Waals surface area contributed by atoms with Crippen LogP contribution >= 0.6 is 0 Å². The molecular weight excluding hydrogens is 588 g/mol. The van der Waals surface area contributed by atoms with Crippen LogP contribution < -0.4 is 0 Å². The number of carbonyl (C=O) groups is 2. The molecule has 0 bridgehead atoms. The third-order valence-electron chi connectivity index (χ3n) is 6.65.